The molecule has 2 aliphatic heterocycles. The van der Waals surface area contributed by atoms with E-state index in [1.807, 2.05) is 0 Å². The van der Waals surface area contributed by atoms with Crippen LogP contribution in [0, 0.1) is 23.5 Å². The lowest BCUT2D eigenvalue weighted by molar-refractivity contribution is -0.126. The molecule has 4 atom stereocenters. The number of halogens is 3. The lowest BCUT2D eigenvalue weighted by atomic mass is 9.90. The third kappa shape index (κ3) is 2.84. The Hall–Kier alpha value is -1.24. The minimum atomic E-state index is -0.692. The monoisotopic (exact) mass is 342 g/mol. The molecule has 2 N–H and O–H groups in total. The first-order chi connectivity index (χ1) is 11.0. The summed E-state index contributed by atoms with van der Waals surface area (Å²) in [5, 5.41) is 5.87. The van der Waals surface area contributed by atoms with Crippen molar-refractivity contribution in [1.82, 2.24) is 10.6 Å². The SMILES string of the molecule is O=C(N[C@@H](c1cc(F)c(Cl)cc1F)C1COC1)[C@H]1C[C@H]2C[C@H]2N1. The van der Waals surface area contributed by atoms with Gasteiger partial charge in [-0.1, -0.05) is 11.6 Å². The Morgan fingerprint density at radius 1 is 1.30 bits per heavy atom. The van der Waals surface area contributed by atoms with Crippen LogP contribution in [0.1, 0.15) is 24.4 Å². The van der Waals surface area contributed by atoms with Crippen LogP contribution in [0.15, 0.2) is 12.1 Å². The number of carbonyl (C=O) groups excluding carboxylic acids is 1. The molecule has 0 spiro atoms. The van der Waals surface area contributed by atoms with Gasteiger partial charge in [0.15, 0.2) is 0 Å². The van der Waals surface area contributed by atoms with Gasteiger partial charge in [-0.3, -0.25) is 4.79 Å². The minimum absolute atomic E-state index is 0.0648. The van der Waals surface area contributed by atoms with E-state index in [1.54, 1.807) is 0 Å². The number of rotatable bonds is 4. The van der Waals surface area contributed by atoms with Gasteiger partial charge in [-0.05, 0) is 30.9 Å². The molecule has 1 aromatic carbocycles. The molecule has 4 rings (SSSR count). The molecule has 0 bridgehead atoms. The zero-order valence-corrected chi connectivity index (χ0v) is 13.1. The second-order valence-electron chi connectivity index (χ2n) is 6.63. The van der Waals surface area contributed by atoms with E-state index in [2.05, 4.69) is 10.6 Å². The summed E-state index contributed by atoms with van der Waals surface area (Å²) in [6.45, 7) is 0.829. The summed E-state index contributed by atoms with van der Waals surface area (Å²) in [5.74, 6) is -0.951. The van der Waals surface area contributed by atoms with Gasteiger partial charge in [0, 0.05) is 17.5 Å². The first kappa shape index (κ1) is 15.3. The fourth-order valence-electron chi connectivity index (χ4n) is 3.45. The summed E-state index contributed by atoms with van der Waals surface area (Å²) >= 11 is 5.61. The number of piperidine rings is 1. The molecule has 0 radical (unpaired) electrons. The summed E-state index contributed by atoms with van der Waals surface area (Å²) in [6.07, 6.45) is 1.93. The lowest BCUT2D eigenvalue weighted by Crippen LogP contribution is -2.48. The maximum Gasteiger partial charge on any atom is 0.237 e. The van der Waals surface area contributed by atoms with Crippen LogP contribution in [-0.2, 0) is 9.53 Å². The number of hydrogen-bond acceptors (Lipinski definition) is 3. The Morgan fingerprint density at radius 3 is 2.70 bits per heavy atom. The third-order valence-corrected chi connectivity index (χ3v) is 5.29. The molecule has 2 saturated heterocycles. The summed E-state index contributed by atoms with van der Waals surface area (Å²) in [5.41, 5.74) is 0.122. The van der Waals surface area contributed by atoms with Gasteiger partial charge < -0.3 is 15.4 Å². The van der Waals surface area contributed by atoms with Crippen LogP contribution in [0.4, 0.5) is 8.78 Å². The number of ether oxygens (including phenoxy) is 1. The molecule has 7 heteroatoms. The number of fused-ring (bicyclic) bond motifs is 1. The van der Waals surface area contributed by atoms with Gasteiger partial charge in [0.05, 0.1) is 30.3 Å². The molecule has 4 nitrogen and oxygen atoms in total. The molecule has 1 aliphatic carbocycles. The molecule has 3 aliphatic rings. The van der Waals surface area contributed by atoms with Crippen LogP contribution < -0.4 is 10.6 Å². The molecule has 1 saturated carbocycles. The van der Waals surface area contributed by atoms with Crippen molar-refractivity contribution in [1.29, 1.82) is 0 Å². The number of nitrogens with one attached hydrogen (secondary N) is 2. The third-order valence-electron chi connectivity index (χ3n) is 5.00. The second kappa shape index (κ2) is 5.69. The zero-order valence-electron chi connectivity index (χ0n) is 12.3. The number of amides is 1. The van der Waals surface area contributed by atoms with Gasteiger partial charge in [0.25, 0.3) is 0 Å². The Morgan fingerprint density at radius 2 is 2.09 bits per heavy atom. The standard InChI is InChI=1S/C16H17ClF2N2O2/c17-10-4-11(18)9(3-12(10)19)15(8-5-23-6-8)21-16(22)14-2-7-1-13(7)20-14/h3-4,7-8,13-15,20H,1-2,5-6H2,(H,21,22)/t7-,13-,14-,15-/m1/s1. The fraction of sp³-hybridized carbons (Fsp3) is 0.562. The van der Waals surface area contributed by atoms with Crippen LogP contribution in [-0.4, -0.2) is 31.2 Å². The van der Waals surface area contributed by atoms with Crippen LogP contribution >= 0.6 is 11.6 Å². The van der Waals surface area contributed by atoms with Crippen LogP contribution in [0.5, 0.6) is 0 Å². The fourth-order valence-corrected chi connectivity index (χ4v) is 3.60. The van der Waals surface area contributed by atoms with Crippen molar-refractivity contribution in [3.8, 4) is 0 Å². The van der Waals surface area contributed by atoms with E-state index in [1.165, 1.54) is 0 Å². The maximum atomic E-state index is 14.2. The molecule has 0 unspecified atom stereocenters. The van der Waals surface area contributed by atoms with Crippen LogP contribution in [0.2, 0.25) is 5.02 Å². The Bertz CT molecular complexity index is 643. The topological polar surface area (TPSA) is 50.4 Å². The van der Waals surface area contributed by atoms with Gasteiger partial charge in [0.2, 0.25) is 5.91 Å². The molecule has 3 fully saturated rings. The van der Waals surface area contributed by atoms with Gasteiger partial charge in [-0.25, -0.2) is 8.78 Å². The average molecular weight is 343 g/mol. The summed E-state index contributed by atoms with van der Waals surface area (Å²) in [6, 6.07) is 1.61. The van der Waals surface area contributed by atoms with Crippen molar-refractivity contribution in [3.05, 3.63) is 34.4 Å². The Balaban J connectivity index is 1.55. The number of hydrogen-bond donors (Lipinski definition) is 2. The molecular formula is C16H17ClF2N2O2. The normalized spacial score (nSPS) is 30.5. The van der Waals surface area contributed by atoms with E-state index in [0.717, 1.165) is 25.0 Å². The van der Waals surface area contributed by atoms with Gasteiger partial charge in [-0.2, -0.15) is 0 Å². The van der Waals surface area contributed by atoms with Crippen LogP contribution in [0.25, 0.3) is 0 Å². The van der Waals surface area contributed by atoms with Crippen molar-refractivity contribution in [2.75, 3.05) is 13.2 Å². The molecule has 1 aromatic rings. The minimum Gasteiger partial charge on any atom is -0.381 e. The summed E-state index contributed by atoms with van der Waals surface area (Å²) in [4.78, 5) is 12.4. The highest BCUT2D eigenvalue weighted by Crippen LogP contribution is 2.41. The van der Waals surface area contributed by atoms with Crippen molar-refractivity contribution >= 4 is 17.5 Å². The predicted octanol–water partition coefficient (Wildman–Crippen LogP) is 2.17. The lowest BCUT2D eigenvalue weighted by Gasteiger charge is -2.35. The Labute approximate surface area is 137 Å². The molecule has 2 heterocycles. The quantitative estimate of drug-likeness (QED) is 0.825. The average Bonchev–Trinajstić information content (AvgIpc) is 3.06. The molecule has 0 aromatic heterocycles. The van der Waals surface area contributed by atoms with Crippen molar-refractivity contribution < 1.29 is 18.3 Å². The highest BCUT2D eigenvalue weighted by atomic mass is 35.5. The Kier molecular flexibility index (Phi) is 3.78. The molecule has 23 heavy (non-hydrogen) atoms. The van der Waals surface area contributed by atoms with Gasteiger partial charge in [-0.15, -0.1) is 0 Å². The largest absolute Gasteiger partial charge is 0.381 e. The summed E-state index contributed by atoms with van der Waals surface area (Å²) in [7, 11) is 0. The first-order valence-corrected chi connectivity index (χ1v) is 8.19. The maximum absolute atomic E-state index is 14.2. The van der Waals surface area contributed by atoms with E-state index in [-0.39, 0.29) is 28.5 Å². The smallest absolute Gasteiger partial charge is 0.237 e. The van der Waals surface area contributed by atoms with Crippen molar-refractivity contribution in [2.24, 2.45) is 11.8 Å². The summed E-state index contributed by atoms with van der Waals surface area (Å²) < 4.78 is 33.1. The van der Waals surface area contributed by atoms with E-state index in [4.69, 9.17) is 16.3 Å². The van der Waals surface area contributed by atoms with E-state index >= 15 is 0 Å². The number of carbonyl (C=O) groups is 1. The second-order valence-corrected chi connectivity index (χ2v) is 7.04. The van der Waals surface area contributed by atoms with Crippen molar-refractivity contribution in [3.63, 3.8) is 0 Å². The van der Waals surface area contributed by atoms with E-state index in [0.29, 0.717) is 25.2 Å². The van der Waals surface area contributed by atoms with Gasteiger partial charge in [0.1, 0.15) is 11.6 Å². The highest BCUT2D eigenvalue weighted by molar-refractivity contribution is 6.30. The molecule has 1 amide bonds. The zero-order chi connectivity index (χ0) is 16.1. The van der Waals surface area contributed by atoms with Crippen molar-refractivity contribution in [2.45, 2.75) is 31.0 Å². The van der Waals surface area contributed by atoms with E-state index < -0.39 is 17.7 Å². The number of benzene rings is 1. The highest BCUT2D eigenvalue weighted by Gasteiger charge is 2.48. The molecular weight excluding hydrogens is 326 g/mol. The van der Waals surface area contributed by atoms with E-state index in [9.17, 15) is 13.6 Å². The van der Waals surface area contributed by atoms with Crippen LogP contribution in [0.3, 0.4) is 0 Å². The van der Waals surface area contributed by atoms with Gasteiger partial charge >= 0.3 is 0 Å². The molecule has 124 valence electrons. The predicted molar refractivity (Wildman–Crippen MR) is 80.0 cm³/mol. The first-order valence-electron chi connectivity index (χ1n) is 7.81.